The number of piperazine rings is 1. The molecule has 23 heavy (non-hydrogen) atoms. The monoisotopic (exact) mass is 314 g/mol. The minimum atomic E-state index is -0.456. The van der Waals surface area contributed by atoms with Crippen molar-refractivity contribution < 1.29 is 9.84 Å². The number of rotatable bonds is 6. The van der Waals surface area contributed by atoms with Crippen molar-refractivity contribution >= 4 is 10.8 Å². The summed E-state index contributed by atoms with van der Waals surface area (Å²) in [5.74, 6) is 0.845. The lowest BCUT2D eigenvalue weighted by Crippen LogP contribution is -2.49. The van der Waals surface area contributed by atoms with Gasteiger partial charge in [-0.05, 0) is 18.0 Å². The van der Waals surface area contributed by atoms with Crippen LogP contribution in [0.3, 0.4) is 0 Å². The minimum Gasteiger partial charge on any atom is -0.490 e. The molecule has 1 atom stereocenters. The normalized spacial score (nSPS) is 18.2. The average molecular weight is 314 g/mol. The number of aliphatic hydroxyl groups excluding tert-OH is 1. The SMILES string of the molecule is CCN1CCN(C[C@H](O)COc2cccc3ccccc23)CC1. The summed E-state index contributed by atoms with van der Waals surface area (Å²) in [7, 11) is 0. The highest BCUT2D eigenvalue weighted by Crippen LogP contribution is 2.25. The molecular formula is C19H26N2O2. The number of hydrogen-bond acceptors (Lipinski definition) is 4. The van der Waals surface area contributed by atoms with Crippen LogP contribution in [0.2, 0.25) is 0 Å². The number of ether oxygens (including phenoxy) is 1. The summed E-state index contributed by atoms with van der Waals surface area (Å²) in [5, 5.41) is 12.5. The van der Waals surface area contributed by atoms with Gasteiger partial charge in [0.05, 0.1) is 0 Å². The summed E-state index contributed by atoms with van der Waals surface area (Å²) < 4.78 is 5.88. The van der Waals surface area contributed by atoms with Gasteiger partial charge in [-0.25, -0.2) is 0 Å². The smallest absolute Gasteiger partial charge is 0.127 e. The molecule has 0 bridgehead atoms. The van der Waals surface area contributed by atoms with Gasteiger partial charge in [-0.1, -0.05) is 43.3 Å². The van der Waals surface area contributed by atoms with Crippen molar-refractivity contribution in [3.8, 4) is 5.75 Å². The fraction of sp³-hybridized carbons (Fsp3) is 0.474. The molecule has 3 rings (SSSR count). The van der Waals surface area contributed by atoms with Crippen molar-refractivity contribution in [2.75, 3.05) is 45.9 Å². The van der Waals surface area contributed by atoms with Crippen LogP contribution < -0.4 is 4.74 Å². The predicted molar refractivity (Wildman–Crippen MR) is 94.0 cm³/mol. The molecule has 1 N–H and O–H groups in total. The van der Waals surface area contributed by atoms with Gasteiger partial charge < -0.3 is 14.7 Å². The van der Waals surface area contributed by atoms with Gasteiger partial charge in [0.2, 0.25) is 0 Å². The van der Waals surface area contributed by atoms with Gasteiger partial charge in [-0.3, -0.25) is 4.90 Å². The van der Waals surface area contributed by atoms with Crippen molar-refractivity contribution in [2.24, 2.45) is 0 Å². The number of fused-ring (bicyclic) bond motifs is 1. The average Bonchev–Trinajstić information content (AvgIpc) is 2.60. The Kier molecular flexibility index (Phi) is 5.49. The lowest BCUT2D eigenvalue weighted by molar-refractivity contribution is 0.0474. The summed E-state index contributed by atoms with van der Waals surface area (Å²) in [4.78, 5) is 4.76. The number of benzene rings is 2. The quantitative estimate of drug-likeness (QED) is 0.887. The second kappa shape index (κ2) is 7.77. The van der Waals surface area contributed by atoms with Gasteiger partial charge in [-0.2, -0.15) is 0 Å². The number of aliphatic hydroxyl groups is 1. The van der Waals surface area contributed by atoms with Gasteiger partial charge in [0.25, 0.3) is 0 Å². The molecule has 1 fully saturated rings. The van der Waals surface area contributed by atoms with Gasteiger partial charge in [-0.15, -0.1) is 0 Å². The molecule has 0 saturated carbocycles. The van der Waals surface area contributed by atoms with Crippen LogP contribution in [0.15, 0.2) is 42.5 Å². The zero-order chi connectivity index (χ0) is 16.1. The zero-order valence-corrected chi connectivity index (χ0v) is 13.8. The van der Waals surface area contributed by atoms with Crippen LogP contribution in [0.4, 0.5) is 0 Å². The molecule has 0 unspecified atom stereocenters. The first kappa shape index (κ1) is 16.2. The lowest BCUT2D eigenvalue weighted by atomic mass is 10.1. The van der Waals surface area contributed by atoms with Gasteiger partial charge >= 0.3 is 0 Å². The first-order valence-electron chi connectivity index (χ1n) is 8.49. The van der Waals surface area contributed by atoms with E-state index in [1.807, 2.05) is 24.3 Å². The molecule has 0 aliphatic carbocycles. The largest absolute Gasteiger partial charge is 0.490 e. The molecule has 1 heterocycles. The molecule has 2 aromatic rings. The molecule has 1 aliphatic rings. The number of likely N-dealkylation sites (N-methyl/N-ethyl adjacent to an activating group) is 1. The molecule has 0 amide bonds. The Balaban J connectivity index is 1.51. The maximum Gasteiger partial charge on any atom is 0.127 e. The summed E-state index contributed by atoms with van der Waals surface area (Å²) in [6.07, 6.45) is -0.456. The first-order chi connectivity index (χ1) is 11.3. The van der Waals surface area contributed by atoms with Crippen molar-refractivity contribution in [3.05, 3.63) is 42.5 Å². The summed E-state index contributed by atoms with van der Waals surface area (Å²) in [5.41, 5.74) is 0. The molecule has 1 saturated heterocycles. The van der Waals surface area contributed by atoms with Crippen LogP contribution in [0.25, 0.3) is 10.8 Å². The van der Waals surface area contributed by atoms with Crippen molar-refractivity contribution in [1.29, 1.82) is 0 Å². The number of nitrogens with zero attached hydrogens (tertiary/aromatic N) is 2. The van der Waals surface area contributed by atoms with E-state index in [9.17, 15) is 5.11 Å². The van der Waals surface area contributed by atoms with Crippen LogP contribution in [0.5, 0.6) is 5.75 Å². The second-order valence-corrected chi connectivity index (χ2v) is 6.18. The Morgan fingerprint density at radius 1 is 1.00 bits per heavy atom. The van der Waals surface area contributed by atoms with Crippen LogP contribution in [0.1, 0.15) is 6.92 Å². The minimum absolute atomic E-state index is 0.335. The first-order valence-corrected chi connectivity index (χ1v) is 8.49. The van der Waals surface area contributed by atoms with Gasteiger partial charge in [0.15, 0.2) is 0 Å². The van der Waals surface area contributed by atoms with Crippen LogP contribution in [0, 0.1) is 0 Å². The van der Waals surface area contributed by atoms with E-state index in [0.717, 1.165) is 49.2 Å². The number of β-amino-alcohol motifs (C(OH)–C–C–N with tert-alkyl or cyclic N) is 1. The van der Waals surface area contributed by atoms with Crippen LogP contribution in [-0.2, 0) is 0 Å². The maximum atomic E-state index is 10.3. The Hall–Kier alpha value is -1.62. The molecule has 0 spiro atoms. The predicted octanol–water partition coefficient (Wildman–Crippen LogP) is 2.22. The topological polar surface area (TPSA) is 35.9 Å². The van der Waals surface area contributed by atoms with E-state index in [2.05, 4.69) is 34.9 Å². The summed E-state index contributed by atoms with van der Waals surface area (Å²) in [6, 6.07) is 14.2. The van der Waals surface area contributed by atoms with E-state index >= 15 is 0 Å². The standard InChI is InChI=1S/C19H26N2O2/c1-2-20-10-12-21(13-11-20)14-17(22)15-23-19-9-5-7-16-6-3-4-8-18(16)19/h3-9,17,22H,2,10-15H2,1H3/t17-/m0/s1. The molecule has 0 radical (unpaired) electrons. The summed E-state index contributed by atoms with van der Waals surface area (Å²) >= 11 is 0. The maximum absolute atomic E-state index is 10.3. The van der Waals surface area contributed by atoms with Gasteiger partial charge in [0, 0.05) is 38.1 Å². The van der Waals surface area contributed by atoms with Gasteiger partial charge in [0.1, 0.15) is 18.5 Å². The molecule has 2 aromatic carbocycles. The molecule has 124 valence electrons. The van der Waals surface area contributed by atoms with Crippen LogP contribution >= 0.6 is 0 Å². The second-order valence-electron chi connectivity index (χ2n) is 6.18. The Bertz CT molecular complexity index is 618. The lowest BCUT2D eigenvalue weighted by Gasteiger charge is -2.34. The van der Waals surface area contributed by atoms with Crippen molar-refractivity contribution in [1.82, 2.24) is 9.80 Å². The van der Waals surface area contributed by atoms with E-state index in [1.54, 1.807) is 0 Å². The number of hydrogen-bond donors (Lipinski definition) is 1. The van der Waals surface area contributed by atoms with E-state index in [0.29, 0.717) is 13.2 Å². The van der Waals surface area contributed by atoms with E-state index in [4.69, 9.17) is 4.74 Å². The highest BCUT2D eigenvalue weighted by atomic mass is 16.5. The Labute approximate surface area is 138 Å². The van der Waals surface area contributed by atoms with E-state index < -0.39 is 6.10 Å². The molecule has 4 nitrogen and oxygen atoms in total. The highest BCUT2D eigenvalue weighted by Gasteiger charge is 2.18. The highest BCUT2D eigenvalue weighted by molar-refractivity contribution is 5.88. The molecule has 0 aromatic heterocycles. The molecule has 4 heteroatoms. The zero-order valence-electron chi connectivity index (χ0n) is 13.8. The fourth-order valence-electron chi connectivity index (χ4n) is 3.15. The van der Waals surface area contributed by atoms with E-state index in [-0.39, 0.29) is 0 Å². The molecular weight excluding hydrogens is 288 g/mol. The Morgan fingerprint density at radius 2 is 1.70 bits per heavy atom. The third-order valence-electron chi connectivity index (χ3n) is 4.56. The van der Waals surface area contributed by atoms with Crippen molar-refractivity contribution in [2.45, 2.75) is 13.0 Å². The third-order valence-corrected chi connectivity index (χ3v) is 4.56. The van der Waals surface area contributed by atoms with E-state index in [1.165, 1.54) is 0 Å². The molecule has 1 aliphatic heterocycles. The van der Waals surface area contributed by atoms with Crippen molar-refractivity contribution in [3.63, 3.8) is 0 Å². The summed E-state index contributed by atoms with van der Waals surface area (Å²) in [6.45, 7) is 8.56. The third kappa shape index (κ3) is 4.22. The Morgan fingerprint density at radius 3 is 2.48 bits per heavy atom. The van der Waals surface area contributed by atoms with Crippen LogP contribution in [-0.4, -0.2) is 66.9 Å². The fourth-order valence-corrected chi connectivity index (χ4v) is 3.15.